The van der Waals surface area contributed by atoms with Crippen molar-refractivity contribution in [1.29, 1.82) is 5.26 Å². The third-order valence-corrected chi connectivity index (χ3v) is 4.01. The van der Waals surface area contributed by atoms with E-state index >= 15 is 0 Å². The number of aryl methyl sites for hydroxylation is 1. The normalized spacial score (nSPS) is 10.1. The monoisotopic (exact) mass is 389 g/mol. The maximum Gasteiger partial charge on any atom is 0.175 e. The van der Waals surface area contributed by atoms with Gasteiger partial charge in [0.05, 0.1) is 23.2 Å². The molecule has 2 aromatic carbocycles. The number of hydrogen-bond acceptors (Lipinski definition) is 4. The zero-order valence-corrected chi connectivity index (χ0v) is 15.4. The largest absolute Gasteiger partial charge is 0.493 e. The summed E-state index contributed by atoms with van der Waals surface area (Å²) in [5, 5.41) is 8.98. The summed E-state index contributed by atoms with van der Waals surface area (Å²) < 4.78 is 17.4. The highest BCUT2D eigenvalue weighted by molar-refractivity contribution is 9.10. The van der Waals surface area contributed by atoms with Crippen LogP contribution in [-0.2, 0) is 6.42 Å². The van der Waals surface area contributed by atoms with Crippen molar-refractivity contribution in [2.45, 2.75) is 19.8 Å². The van der Waals surface area contributed by atoms with Crippen LogP contribution in [0.2, 0.25) is 0 Å². The van der Waals surface area contributed by atoms with Gasteiger partial charge in [0.25, 0.3) is 0 Å². The second kappa shape index (κ2) is 9.19. The first-order chi connectivity index (χ1) is 11.7. The van der Waals surface area contributed by atoms with Crippen molar-refractivity contribution >= 4 is 15.9 Å². The molecule has 2 aromatic rings. The second-order valence-corrected chi connectivity index (χ2v) is 6.05. The van der Waals surface area contributed by atoms with Gasteiger partial charge < -0.3 is 14.2 Å². The van der Waals surface area contributed by atoms with Crippen LogP contribution in [0.25, 0.3) is 0 Å². The third-order valence-electron chi connectivity index (χ3n) is 3.42. The van der Waals surface area contributed by atoms with Gasteiger partial charge in [-0.1, -0.05) is 25.5 Å². The van der Waals surface area contributed by atoms with E-state index in [1.165, 1.54) is 5.56 Å². The molecule has 0 atom stereocenters. The summed E-state index contributed by atoms with van der Waals surface area (Å²) in [4.78, 5) is 0. The molecular formula is C19H20BrNO3. The number of methoxy groups -OCH3 is 1. The van der Waals surface area contributed by atoms with Gasteiger partial charge in [-0.3, -0.25) is 0 Å². The molecule has 0 aliphatic carbocycles. The van der Waals surface area contributed by atoms with Crippen LogP contribution in [0.5, 0.6) is 17.2 Å². The molecule has 0 spiro atoms. The van der Waals surface area contributed by atoms with Gasteiger partial charge in [0.1, 0.15) is 19.0 Å². The Kier molecular flexibility index (Phi) is 6.95. The number of nitriles is 1. The molecule has 5 heteroatoms. The van der Waals surface area contributed by atoms with Gasteiger partial charge in [-0.25, -0.2) is 0 Å². The van der Waals surface area contributed by atoms with Gasteiger partial charge in [-0.05, 0) is 46.1 Å². The minimum atomic E-state index is 0.373. The number of nitrogens with zero attached hydrogens (tertiary/aromatic N) is 1. The molecule has 0 saturated heterocycles. The molecule has 0 aromatic heterocycles. The van der Waals surface area contributed by atoms with E-state index in [1.54, 1.807) is 19.2 Å². The lowest BCUT2D eigenvalue weighted by molar-refractivity contribution is 0.210. The predicted molar refractivity (Wildman–Crippen MR) is 96.8 cm³/mol. The number of halogens is 1. The molecule has 0 aliphatic rings. The average molecular weight is 390 g/mol. The van der Waals surface area contributed by atoms with E-state index in [9.17, 15) is 0 Å². The molecule has 24 heavy (non-hydrogen) atoms. The Morgan fingerprint density at radius 3 is 2.42 bits per heavy atom. The maximum atomic E-state index is 8.98. The zero-order valence-electron chi connectivity index (χ0n) is 13.8. The van der Waals surface area contributed by atoms with E-state index < -0.39 is 0 Å². The fraction of sp³-hybridized carbons (Fsp3) is 0.316. The van der Waals surface area contributed by atoms with Crippen LogP contribution in [0.15, 0.2) is 40.9 Å². The van der Waals surface area contributed by atoms with Crippen LogP contribution in [0.3, 0.4) is 0 Å². The molecule has 4 nitrogen and oxygen atoms in total. The van der Waals surface area contributed by atoms with Crippen molar-refractivity contribution in [1.82, 2.24) is 0 Å². The quantitative estimate of drug-likeness (QED) is 0.611. The van der Waals surface area contributed by atoms with Gasteiger partial charge in [0, 0.05) is 6.07 Å². The van der Waals surface area contributed by atoms with Crippen LogP contribution < -0.4 is 14.2 Å². The Bertz CT molecular complexity index is 708. The molecule has 0 unspecified atom stereocenters. The van der Waals surface area contributed by atoms with Gasteiger partial charge in [0.2, 0.25) is 0 Å². The van der Waals surface area contributed by atoms with E-state index in [0.717, 1.165) is 18.6 Å². The molecule has 0 radical (unpaired) electrons. The van der Waals surface area contributed by atoms with E-state index in [0.29, 0.717) is 34.7 Å². The van der Waals surface area contributed by atoms with Crippen LogP contribution in [0.4, 0.5) is 0 Å². The molecule has 0 fully saturated rings. The standard InChI is InChI=1S/C19H20BrNO3/c1-3-4-14-5-7-16(8-6-14)23-9-10-24-19-17(20)11-15(13-21)12-18(19)22-2/h5-8,11-12H,3-4,9-10H2,1-2H3. The molecule has 0 amide bonds. The van der Waals surface area contributed by atoms with Gasteiger partial charge in [-0.2, -0.15) is 5.26 Å². The van der Waals surface area contributed by atoms with E-state index in [1.807, 2.05) is 12.1 Å². The average Bonchev–Trinajstić information content (AvgIpc) is 2.60. The number of rotatable bonds is 8. The molecule has 2 rings (SSSR count). The summed E-state index contributed by atoms with van der Waals surface area (Å²) in [5.41, 5.74) is 1.82. The van der Waals surface area contributed by atoms with Crippen molar-refractivity contribution in [3.63, 3.8) is 0 Å². The topological polar surface area (TPSA) is 51.5 Å². The molecule has 0 N–H and O–H groups in total. The van der Waals surface area contributed by atoms with Gasteiger partial charge >= 0.3 is 0 Å². The maximum absolute atomic E-state index is 8.98. The molecule has 0 aliphatic heterocycles. The number of benzene rings is 2. The smallest absolute Gasteiger partial charge is 0.175 e. The summed E-state index contributed by atoms with van der Waals surface area (Å²) >= 11 is 3.40. The predicted octanol–water partition coefficient (Wildman–Crippen LogP) is 4.74. The van der Waals surface area contributed by atoms with Crippen LogP contribution in [0, 0.1) is 11.3 Å². The molecule has 126 valence electrons. The zero-order chi connectivity index (χ0) is 17.4. The lowest BCUT2D eigenvalue weighted by Gasteiger charge is -2.13. The van der Waals surface area contributed by atoms with E-state index in [2.05, 4.69) is 41.1 Å². The Morgan fingerprint density at radius 1 is 1.08 bits per heavy atom. The van der Waals surface area contributed by atoms with Gasteiger partial charge in [-0.15, -0.1) is 0 Å². The second-order valence-electron chi connectivity index (χ2n) is 5.19. The van der Waals surface area contributed by atoms with Crippen molar-refractivity contribution in [3.05, 3.63) is 52.0 Å². The third kappa shape index (κ3) is 4.90. The summed E-state index contributed by atoms with van der Waals surface area (Å²) in [6.07, 6.45) is 2.21. The van der Waals surface area contributed by atoms with Crippen LogP contribution in [-0.4, -0.2) is 20.3 Å². The number of hydrogen-bond donors (Lipinski definition) is 0. The highest BCUT2D eigenvalue weighted by atomic mass is 79.9. The van der Waals surface area contributed by atoms with Crippen molar-refractivity contribution < 1.29 is 14.2 Å². The first-order valence-corrected chi connectivity index (χ1v) is 8.59. The molecular weight excluding hydrogens is 370 g/mol. The Hall–Kier alpha value is -2.19. The first kappa shape index (κ1) is 18.2. The van der Waals surface area contributed by atoms with Crippen LogP contribution in [0.1, 0.15) is 24.5 Å². The summed E-state index contributed by atoms with van der Waals surface area (Å²) in [7, 11) is 1.55. The summed E-state index contributed by atoms with van der Waals surface area (Å²) in [5.74, 6) is 1.91. The van der Waals surface area contributed by atoms with Crippen molar-refractivity contribution in [3.8, 4) is 23.3 Å². The summed E-state index contributed by atoms with van der Waals surface area (Å²) in [6.45, 7) is 2.96. The van der Waals surface area contributed by atoms with Gasteiger partial charge in [0.15, 0.2) is 11.5 Å². The van der Waals surface area contributed by atoms with E-state index in [-0.39, 0.29) is 0 Å². The Morgan fingerprint density at radius 2 is 1.79 bits per heavy atom. The minimum absolute atomic E-state index is 0.373. The van der Waals surface area contributed by atoms with Crippen molar-refractivity contribution in [2.24, 2.45) is 0 Å². The molecule has 0 saturated carbocycles. The SMILES string of the molecule is CCCc1ccc(OCCOc2c(Br)cc(C#N)cc2OC)cc1. The molecule has 0 bridgehead atoms. The van der Waals surface area contributed by atoms with Crippen molar-refractivity contribution in [2.75, 3.05) is 20.3 Å². The van der Waals surface area contributed by atoms with E-state index in [4.69, 9.17) is 19.5 Å². The Labute approximate surface area is 151 Å². The molecule has 0 heterocycles. The van der Waals surface area contributed by atoms with Crippen LogP contribution >= 0.6 is 15.9 Å². The number of ether oxygens (including phenoxy) is 3. The highest BCUT2D eigenvalue weighted by Crippen LogP contribution is 2.36. The fourth-order valence-corrected chi connectivity index (χ4v) is 2.83. The lowest BCUT2D eigenvalue weighted by atomic mass is 10.1. The first-order valence-electron chi connectivity index (χ1n) is 7.80. The highest BCUT2D eigenvalue weighted by Gasteiger charge is 2.11. The fourth-order valence-electron chi connectivity index (χ4n) is 2.27. The Balaban J connectivity index is 1.89. The lowest BCUT2D eigenvalue weighted by Crippen LogP contribution is -2.10. The summed E-state index contributed by atoms with van der Waals surface area (Å²) in [6, 6.07) is 13.5. The minimum Gasteiger partial charge on any atom is -0.493 e.